The maximum atomic E-state index is 12.8. The average Bonchev–Trinajstić information content (AvgIpc) is 3.53. The Morgan fingerprint density at radius 2 is 1.81 bits per heavy atom. The topological polar surface area (TPSA) is 95.5 Å². The molecule has 1 aliphatic carbocycles. The summed E-state index contributed by atoms with van der Waals surface area (Å²) in [5, 5.41) is 6.07. The Labute approximate surface area is 186 Å². The van der Waals surface area contributed by atoms with Crippen LogP contribution in [-0.2, 0) is 14.3 Å². The van der Waals surface area contributed by atoms with E-state index in [2.05, 4.69) is 20.5 Å². The van der Waals surface area contributed by atoms with Gasteiger partial charge in [0.15, 0.2) is 5.96 Å². The van der Waals surface area contributed by atoms with E-state index in [0.29, 0.717) is 19.1 Å². The fraction of sp³-hybridized carbons (Fsp3) is 0.864. The van der Waals surface area contributed by atoms with Crippen molar-refractivity contribution in [2.24, 2.45) is 10.9 Å². The summed E-state index contributed by atoms with van der Waals surface area (Å²) in [4.78, 5) is 33.4. The van der Waals surface area contributed by atoms with E-state index in [1.54, 1.807) is 7.11 Å². The molecule has 0 aromatic heterocycles. The van der Waals surface area contributed by atoms with E-state index in [0.717, 1.165) is 45.0 Å². The summed E-state index contributed by atoms with van der Waals surface area (Å²) in [7, 11) is 1.60. The number of rotatable bonds is 9. The maximum Gasteiger partial charge on any atom is 0.410 e. The van der Waals surface area contributed by atoms with Crippen molar-refractivity contribution >= 4 is 18.0 Å². The van der Waals surface area contributed by atoms with Crippen LogP contribution in [0.3, 0.4) is 0 Å². The van der Waals surface area contributed by atoms with Gasteiger partial charge in [0.1, 0.15) is 12.1 Å². The molecule has 1 saturated heterocycles. The van der Waals surface area contributed by atoms with Crippen LogP contribution in [0, 0.1) is 5.92 Å². The molecule has 0 atom stereocenters. The Kier molecular flexibility index (Phi) is 9.87. The minimum Gasteiger partial charge on any atom is -0.444 e. The molecule has 1 heterocycles. The van der Waals surface area contributed by atoms with Gasteiger partial charge in [-0.15, -0.1) is 0 Å². The van der Waals surface area contributed by atoms with E-state index >= 15 is 0 Å². The second-order valence-corrected chi connectivity index (χ2v) is 9.31. The summed E-state index contributed by atoms with van der Waals surface area (Å²) in [5.41, 5.74) is -0.492. The van der Waals surface area contributed by atoms with E-state index in [1.165, 1.54) is 12.8 Å². The number of hydrogen-bond acceptors (Lipinski definition) is 5. The summed E-state index contributed by atoms with van der Waals surface area (Å²) in [5.74, 6) is 1.23. The number of hydrogen-bond donors (Lipinski definition) is 2. The van der Waals surface area contributed by atoms with Crippen molar-refractivity contribution in [3.05, 3.63) is 0 Å². The lowest BCUT2D eigenvalue weighted by Crippen LogP contribution is -2.52. The molecule has 0 aromatic rings. The second kappa shape index (κ2) is 12.1. The van der Waals surface area contributed by atoms with Crippen LogP contribution in [0.1, 0.15) is 53.4 Å². The van der Waals surface area contributed by atoms with Crippen LogP contribution in [0.5, 0.6) is 0 Å². The highest BCUT2D eigenvalue weighted by Gasteiger charge is 2.35. The molecular weight excluding hydrogens is 398 g/mol. The minimum atomic E-state index is -0.492. The van der Waals surface area contributed by atoms with Gasteiger partial charge >= 0.3 is 6.09 Å². The number of amides is 2. The van der Waals surface area contributed by atoms with Gasteiger partial charge in [0.05, 0.1) is 6.61 Å². The maximum absolute atomic E-state index is 12.8. The summed E-state index contributed by atoms with van der Waals surface area (Å²) < 4.78 is 10.6. The molecule has 1 saturated carbocycles. The molecule has 0 aromatic carbocycles. The number of carbonyl (C=O) groups excluding carboxylic acids is 2. The molecule has 2 N–H and O–H groups in total. The first-order valence-electron chi connectivity index (χ1n) is 11.5. The standard InChI is InChI=1S/C22H41N5O4/c1-6-23-20(25-15-19(28)24-11-14-30-5)26-12-9-18(10-13-26)27(16-17-7-8-17)21(29)31-22(2,3)4/h17-18H,6-16H2,1-5H3,(H,23,25)(H,24,28). The number of carbonyl (C=O) groups is 2. The molecule has 9 heteroatoms. The average molecular weight is 440 g/mol. The molecule has 2 amide bonds. The van der Waals surface area contributed by atoms with E-state index in [9.17, 15) is 9.59 Å². The third-order valence-corrected chi connectivity index (χ3v) is 5.32. The van der Waals surface area contributed by atoms with Gasteiger partial charge in [0.2, 0.25) is 5.91 Å². The molecule has 0 unspecified atom stereocenters. The number of aliphatic imine (C=N–C) groups is 1. The molecule has 2 fully saturated rings. The Bertz CT molecular complexity index is 608. The molecule has 0 spiro atoms. The van der Waals surface area contributed by atoms with Crippen molar-refractivity contribution < 1.29 is 19.1 Å². The number of piperidine rings is 1. The third-order valence-electron chi connectivity index (χ3n) is 5.32. The van der Waals surface area contributed by atoms with Gasteiger partial charge in [0, 0.05) is 45.9 Å². The SMILES string of the molecule is CCNC(=NCC(=O)NCCOC)N1CCC(N(CC2CC2)C(=O)OC(C)(C)C)CC1. The van der Waals surface area contributed by atoms with Gasteiger partial charge in [-0.25, -0.2) is 9.79 Å². The molecule has 9 nitrogen and oxygen atoms in total. The first-order chi connectivity index (χ1) is 14.7. The number of methoxy groups -OCH3 is 1. The number of nitrogens with zero attached hydrogens (tertiary/aromatic N) is 3. The van der Waals surface area contributed by atoms with Gasteiger partial charge in [-0.05, 0) is 59.3 Å². The predicted octanol–water partition coefficient (Wildman–Crippen LogP) is 1.83. The van der Waals surface area contributed by atoms with Crippen molar-refractivity contribution in [2.45, 2.75) is 65.0 Å². The zero-order chi connectivity index (χ0) is 22.9. The number of ether oxygens (including phenoxy) is 2. The molecule has 178 valence electrons. The highest BCUT2D eigenvalue weighted by molar-refractivity contribution is 5.85. The van der Waals surface area contributed by atoms with Crippen LogP contribution in [0.15, 0.2) is 4.99 Å². The Balaban J connectivity index is 1.92. The van der Waals surface area contributed by atoms with Crippen LogP contribution in [-0.4, -0.2) is 92.4 Å². The second-order valence-electron chi connectivity index (χ2n) is 9.31. The van der Waals surface area contributed by atoms with Crippen LogP contribution >= 0.6 is 0 Å². The quantitative estimate of drug-likeness (QED) is 0.323. The first kappa shape index (κ1) is 25.2. The molecule has 0 radical (unpaired) electrons. The van der Waals surface area contributed by atoms with Crippen molar-refractivity contribution in [3.63, 3.8) is 0 Å². The molecule has 0 bridgehead atoms. The monoisotopic (exact) mass is 439 g/mol. The highest BCUT2D eigenvalue weighted by Crippen LogP contribution is 2.32. The molecular formula is C22H41N5O4. The van der Waals surface area contributed by atoms with Crippen LogP contribution < -0.4 is 10.6 Å². The van der Waals surface area contributed by atoms with Crippen molar-refractivity contribution in [3.8, 4) is 0 Å². The van der Waals surface area contributed by atoms with Crippen molar-refractivity contribution in [2.75, 3.05) is 53.0 Å². The summed E-state index contributed by atoms with van der Waals surface area (Å²) in [6.07, 6.45) is 3.90. The van der Waals surface area contributed by atoms with E-state index in [-0.39, 0.29) is 24.6 Å². The lowest BCUT2D eigenvalue weighted by atomic mass is 10.0. The van der Waals surface area contributed by atoms with Crippen LogP contribution in [0.4, 0.5) is 4.79 Å². The smallest absolute Gasteiger partial charge is 0.410 e. The summed E-state index contributed by atoms with van der Waals surface area (Å²) >= 11 is 0. The largest absolute Gasteiger partial charge is 0.444 e. The van der Waals surface area contributed by atoms with Gasteiger partial charge in [-0.3, -0.25) is 4.79 Å². The van der Waals surface area contributed by atoms with Gasteiger partial charge in [-0.1, -0.05) is 0 Å². The zero-order valence-electron chi connectivity index (χ0n) is 19.9. The summed E-state index contributed by atoms with van der Waals surface area (Å²) in [6.45, 7) is 11.9. The van der Waals surface area contributed by atoms with E-state index in [1.807, 2.05) is 32.6 Å². The van der Waals surface area contributed by atoms with Gasteiger partial charge < -0.3 is 29.9 Å². The summed E-state index contributed by atoms with van der Waals surface area (Å²) in [6, 6.07) is 0.173. The van der Waals surface area contributed by atoms with Crippen molar-refractivity contribution in [1.29, 1.82) is 0 Å². The van der Waals surface area contributed by atoms with Crippen LogP contribution in [0.25, 0.3) is 0 Å². The Hall–Kier alpha value is -2.03. The fourth-order valence-electron chi connectivity index (χ4n) is 3.58. The number of guanidine groups is 1. The lowest BCUT2D eigenvalue weighted by Gasteiger charge is -2.40. The van der Waals surface area contributed by atoms with E-state index in [4.69, 9.17) is 9.47 Å². The zero-order valence-corrected chi connectivity index (χ0v) is 19.9. The number of likely N-dealkylation sites (tertiary alicyclic amines) is 1. The number of nitrogens with one attached hydrogen (secondary N) is 2. The fourth-order valence-corrected chi connectivity index (χ4v) is 3.58. The molecule has 1 aliphatic heterocycles. The first-order valence-corrected chi connectivity index (χ1v) is 11.5. The van der Waals surface area contributed by atoms with Crippen LogP contribution in [0.2, 0.25) is 0 Å². The van der Waals surface area contributed by atoms with E-state index < -0.39 is 5.60 Å². The highest BCUT2D eigenvalue weighted by atomic mass is 16.6. The molecule has 2 rings (SSSR count). The van der Waals surface area contributed by atoms with Gasteiger partial charge in [0.25, 0.3) is 0 Å². The normalized spacial score (nSPS) is 18.0. The molecule has 2 aliphatic rings. The van der Waals surface area contributed by atoms with Crippen molar-refractivity contribution in [1.82, 2.24) is 20.4 Å². The third kappa shape index (κ3) is 9.33. The minimum absolute atomic E-state index is 0.0810. The Morgan fingerprint density at radius 1 is 1.13 bits per heavy atom. The molecule has 31 heavy (non-hydrogen) atoms. The lowest BCUT2D eigenvalue weighted by molar-refractivity contribution is -0.119. The predicted molar refractivity (Wildman–Crippen MR) is 121 cm³/mol. The van der Waals surface area contributed by atoms with Gasteiger partial charge in [-0.2, -0.15) is 0 Å². The Morgan fingerprint density at radius 3 is 2.35 bits per heavy atom.